The van der Waals surface area contributed by atoms with Crippen LogP contribution in [0, 0.1) is 6.92 Å². The molecular formula is C33H32Cl2N4O3. The maximum atomic E-state index is 12.5. The zero-order valence-corrected chi connectivity index (χ0v) is 24.8. The molecule has 0 bridgehead atoms. The molecule has 42 heavy (non-hydrogen) atoms. The Kier molecular flexibility index (Phi) is 9.64. The maximum Gasteiger partial charge on any atom is 0.271 e. The standard InChI is InChI=1S/C33H32Cl2N4O3/c1-23-19-24(22-36-37-33(41)26-7-12-31(40)30(35)21-26)20-29(25-5-3-2-4-6-25)32(23)42-18-17-38-13-15-39(16-14-38)28-10-8-27(34)9-11-28/h2-12,19-22,40H,13-18H2,1H3,(H,37,41)/b36-22-. The minimum absolute atomic E-state index is 0.0836. The van der Waals surface area contributed by atoms with E-state index in [1.54, 1.807) is 6.21 Å². The average molecular weight is 604 g/mol. The van der Waals surface area contributed by atoms with Gasteiger partial charge < -0.3 is 14.7 Å². The summed E-state index contributed by atoms with van der Waals surface area (Å²) in [5.41, 5.74) is 7.80. The number of amides is 1. The van der Waals surface area contributed by atoms with Crippen molar-refractivity contribution in [3.05, 3.63) is 112 Å². The first-order chi connectivity index (χ1) is 20.4. The summed E-state index contributed by atoms with van der Waals surface area (Å²) in [4.78, 5) is 17.3. The monoisotopic (exact) mass is 602 g/mol. The Hall–Kier alpha value is -4.04. The quantitative estimate of drug-likeness (QED) is 0.166. The number of nitrogens with one attached hydrogen (secondary N) is 1. The molecule has 2 N–H and O–H groups in total. The number of aryl methyl sites for hydroxylation is 1. The summed E-state index contributed by atoms with van der Waals surface area (Å²) < 4.78 is 6.41. The predicted molar refractivity (Wildman–Crippen MR) is 170 cm³/mol. The highest BCUT2D eigenvalue weighted by Gasteiger charge is 2.18. The van der Waals surface area contributed by atoms with Gasteiger partial charge in [0.2, 0.25) is 0 Å². The van der Waals surface area contributed by atoms with E-state index in [0.717, 1.165) is 65.7 Å². The molecule has 0 atom stereocenters. The van der Waals surface area contributed by atoms with E-state index >= 15 is 0 Å². The Bertz CT molecular complexity index is 1550. The number of phenolic OH excluding ortho intramolecular Hbond substituents is 1. The van der Waals surface area contributed by atoms with Gasteiger partial charge in [0.05, 0.1) is 11.2 Å². The van der Waals surface area contributed by atoms with Gasteiger partial charge in [0.15, 0.2) is 0 Å². The van der Waals surface area contributed by atoms with Gasteiger partial charge in [-0.15, -0.1) is 0 Å². The van der Waals surface area contributed by atoms with Crippen molar-refractivity contribution < 1.29 is 14.6 Å². The number of hydrogen-bond acceptors (Lipinski definition) is 6. The van der Waals surface area contributed by atoms with Crippen LogP contribution in [0.5, 0.6) is 11.5 Å². The summed E-state index contributed by atoms with van der Waals surface area (Å²) in [6.07, 6.45) is 1.60. The third-order valence-electron chi connectivity index (χ3n) is 7.19. The third kappa shape index (κ3) is 7.42. The van der Waals surface area contributed by atoms with Crippen LogP contribution in [0.2, 0.25) is 10.0 Å². The molecule has 0 aliphatic carbocycles. The zero-order valence-electron chi connectivity index (χ0n) is 23.3. The fourth-order valence-corrected chi connectivity index (χ4v) is 5.24. The van der Waals surface area contributed by atoms with Crippen molar-refractivity contribution in [3.8, 4) is 22.6 Å². The summed E-state index contributed by atoms with van der Waals surface area (Å²) in [5.74, 6) is 0.322. The fraction of sp³-hybridized carbons (Fsp3) is 0.212. The third-order valence-corrected chi connectivity index (χ3v) is 7.74. The summed E-state index contributed by atoms with van der Waals surface area (Å²) >= 11 is 12.0. The molecule has 0 spiro atoms. The molecule has 4 aromatic carbocycles. The number of benzene rings is 4. The van der Waals surface area contributed by atoms with Crippen LogP contribution in [0.1, 0.15) is 21.5 Å². The lowest BCUT2D eigenvalue weighted by Crippen LogP contribution is -2.47. The number of nitrogens with zero attached hydrogens (tertiary/aromatic N) is 3. The highest BCUT2D eigenvalue weighted by Crippen LogP contribution is 2.34. The molecule has 0 unspecified atom stereocenters. The topological polar surface area (TPSA) is 77.4 Å². The van der Waals surface area contributed by atoms with Gasteiger partial charge in [0.1, 0.15) is 18.1 Å². The summed E-state index contributed by atoms with van der Waals surface area (Å²) in [6, 6.07) is 26.3. The normalized spacial score (nSPS) is 13.8. The zero-order chi connectivity index (χ0) is 29.5. The number of anilines is 1. The maximum absolute atomic E-state index is 12.5. The highest BCUT2D eigenvalue weighted by molar-refractivity contribution is 6.32. The van der Waals surface area contributed by atoms with Gasteiger partial charge in [-0.2, -0.15) is 5.10 Å². The molecule has 1 aliphatic rings. The van der Waals surface area contributed by atoms with Crippen LogP contribution in [0.3, 0.4) is 0 Å². The summed E-state index contributed by atoms with van der Waals surface area (Å²) in [7, 11) is 0. The Morgan fingerprint density at radius 2 is 1.71 bits per heavy atom. The van der Waals surface area contributed by atoms with Crippen LogP contribution in [-0.2, 0) is 0 Å². The molecule has 9 heteroatoms. The molecule has 1 fully saturated rings. The fourth-order valence-electron chi connectivity index (χ4n) is 4.94. The van der Waals surface area contributed by atoms with Gasteiger partial charge in [0.25, 0.3) is 5.91 Å². The number of ether oxygens (including phenoxy) is 1. The number of hydrogen-bond donors (Lipinski definition) is 2. The van der Waals surface area contributed by atoms with Crippen molar-refractivity contribution >= 4 is 41.0 Å². The molecule has 0 radical (unpaired) electrons. The minimum atomic E-state index is -0.429. The Balaban J connectivity index is 1.23. The summed E-state index contributed by atoms with van der Waals surface area (Å²) in [6.45, 7) is 7.27. The lowest BCUT2D eigenvalue weighted by molar-refractivity contribution is 0.0955. The van der Waals surface area contributed by atoms with Crippen molar-refractivity contribution in [2.75, 3.05) is 44.2 Å². The molecule has 0 saturated carbocycles. The average Bonchev–Trinajstić information content (AvgIpc) is 3.00. The molecule has 1 amide bonds. The minimum Gasteiger partial charge on any atom is -0.506 e. The number of aromatic hydroxyl groups is 1. The largest absolute Gasteiger partial charge is 0.506 e. The molecule has 1 aliphatic heterocycles. The summed E-state index contributed by atoms with van der Waals surface area (Å²) in [5, 5.41) is 14.6. The first kappa shape index (κ1) is 29.5. The molecule has 0 aromatic heterocycles. The van der Waals surface area contributed by atoms with Crippen LogP contribution < -0.4 is 15.1 Å². The van der Waals surface area contributed by atoms with Gasteiger partial charge in [0, 0.05) is 54.6 Å². The first-order valence-corrected chi connectivity index (χ1v) is 14.5. The Labute approximate surface area is 255 Å². The van der Waals surface area contributed by atoms with E-state index in [9.17, 15) is 9.90 Å². The second-order valence-electron chi connectivity index (χ2n) is 10.1. The van der Waals surface area contributed by atoms with E-state index in [4.69, 9.17) is 27.9 Å². The lowest BCUT2D eigenvalue weighted by Gasteiger charge is -2.36. The van der Waals surface area contributed by atoms with Crippen molar-refractivity contribution in [1.29, 1.82) is 0 Å². The predicted octanol–water partition coefficient (Wildman–Crippen LogP) is 6.64. The van der Waals surface area contributed by atoms with E-state index in [2.05, 4.69) is 44.6 Å². The number of phenols is 1. The highest BCUT2D eigenvalue weighted by atomic mass is 35.5. The van der Waals surface area contributed by atoms with E-state index in [0.29, 0.717) is 12.2 Å². The molecule has 1 heterocycles. The van der Waals surface area contributed by atoms with E-state index in [1.807, 2.05) is 49.4 Å². The molecule has 216 valence electrons. The van der Waals surface area contributed by atoms with Crippen LogP contribution >= 0.6 is 23.2 Å². The second kappa shape index (κ2) is 13.7. The van der Waals surface area contributed by atoms with Gasteiger partial charge in [-0.25, -0.2) is 5.43 Å². The molecular weight excluding hydrogens is 571 g/mol. The number of carbonyl (C=O) groups excluding carboxylic acids is 1. The van der Waals surface area contributed by atoms with Gasteiger partial charge in [-0.05, 0) is 78.2 Å². The smallest absolute Gasteiger partial charge is 0.271 e. The van der Waals surface area contributed by atoms with Crippen LogP contribution in [0.25, 0.3) is 11.1 Å². The number of carbonyl (C=O) groups is 1. The van der Waals surface area contributed by atoms with Gasteiger partial charge in [-0.1, -0.05) is 53.5 Å². The van der Waals surface area contributed by atoms with Crippen LogP contribution in [0.4, 0.5) is 5.69 Å². The van der Waals surface area contributed by atoms with Crippen molar-refractivity contribution in [3.63, 3.8) is 0 Å². The first-order valence-electron chi connectivity index (χ1n) is 13.7. The molecule has 4 aromatic rings. The van der Waals surface area contributed by atoms with E-state index in [1.165, 1.54) is 23.9 Å². The second-order valence-corrected chi connectivity index (χ2v) is 10.9. The van der Waals surface area contributed by atoms with Crippen molar-refractivity contribution in [2.24, 2.45) is 5.10 Å². The molecule has 1 saturated heterocycles. The number of piperazine rings is 1. The van der Waals surface area contributed by atoms with Crippen LogP contribution in [-0.4, -0.2) is 61.5 Å². The Morgan fingerprint density at radius 1 is 0.976 bits per heavy atom. The Morgan fingerprint density at radius 3 is 2.43 bits per heavy atom. The van der Waals surface area contributed by atoms with Gasteiger partial charge in [-0.3, -0.25) is 9.69 Å². The lowest BCUT2D eigenvalue weighted by atomic mass is 9.99. The number of hydrazone groups is 1. The van der Waals surface area contributed by atoms with Crippen molar-refractivity contribution in [1.82, 2.24) is 10.3 Å². The van der Waals surface area contributed by atoms with E-state index in [-0.39, 0.29) is 10.8 Å². The number of halogens is 2. The van der Waals surface area contributed by atoms with Crippen molar-refractivity contribution in [2.45, 2.75) is 6.92 Å². The number of rotatable bonds is 9. The van der Waals surface area contributed by atoms with Gasteiger partial charge >= 0.3 is 0 Å². The molecule has 5 rings (SSSR count). The van der Waals surface area contributed by atoms with E-state index < -0.39 is 5.91 Å². The SMILES string of the molecule is Cc1cc(/C=N\NC(=O)c2ccc(O)c(Cl)c2)cc(-c2ccccc2)c1OCCN1CCN(c2ccc(Cl)cc2)CC1. The molecule has 7 nitrogen and oxygen atoms in total. The van der Waals surface area contributed by atoms with Crippen LogP contribution in [0.15, 0.2) is 90.0 Å².